The molecular weight excluding hydrogens is 294 g/mol. The number of rotatable bonds is 8. The van der Waals surface area contributed by atoms with Crippen LogP contribution in [0.3, 0.4) is 0 Å². The monoisotopic (exact) mass is 313 g/mol. The smallest absolute Gasteiger partial charge is 0.313 e. The highest BCUT2D eigenvalue weighted by Crippen LogP contribution is 2.17. The van der Waals surface area contributed by atoms with Gasteiger partial charge in [-0.1, -0.05) is 19.1 Å². The highest BCUT2D eigenvalue weighted by atomic mass is 32.2. The average Bonchev–Trinajstić information content (AvgIpc) is 2.38. The Bertz CT molecular complexity index is 465. The predicted octanol–water partition coefficient (Wildman–Crippen LogP) is 3.08. The molecule has 0 saturated carbocycles. The van der Waals surface area contributed by atoms with Crippen molar-refractivity contribution in [3.63, 3.8) is 0 Å². The molecule has 0 aromatic heterocycles. The van der Waals surface area contributed by atoms with Crippen LogP contribution >= 0.6 is 23.5 Å². The van der Waals surface area contributed by atoms with Crippen molar-refractivity contribution in [2.75, 3.05) is 17.3 Å². The Morgan fingerprint density at radius 1 is 1.40 bits per heavy atom. The van der Waals surface area contributed by atoms with Gasteiger partial charge in [-0.05, 0) is 24.0 Å². The van der Waals surface area contributed by atoms with E-state index in [1.54, 1.807) is 11.8 Å². The van der Waals surface area contributed by atoms with E-state index in [1.165, 1.54) is 11.8 Å². The third-order valence-corrected chi connectivity index (χ3v) is 4.54. The van der Waals surface area contributed by atoms with Gasteiger partial charge < -0.3 is 10.4 Å². The molecule has 0 saturated heterocycles. The van der Waals surface area contributed by atoms with E-state index in [1.807, 2.05) is 37.4 Å². The lowest BCUT2D eigenvalue weighted by Crippen LogP contribution is -2.16. The molecule has 0 radical (unpaired) electrons. The summed E-state index contributed by atoms with van der Waals surface area (Å²) in [6.45, 7) is 2.02. The van der Waals surface area contributed by atoms with Crippen LogP contribution in [-0.2, 0) is 15.3 Å². The first-order valence-corrected chi connectivity index (χ1v) is 8.66. The number of benzene rings is 1. The van der Waals surface area contributed by atoms with Crippen LogP contribution < -0.4 is 5.32 Å². The zero-order valence-corrected chi connectivity index (χ0v) is 13.2. The molecule has 1 rings (SSSR count). The molecule has 1 aromatic carbocycles. The Labute approximate surface area is 127 Å². The van der Waals surface area contributed by atoms with Crippen molar-refractivity contribution >= 4 is 41.1 Å². The lowest BCUT2D eigenvalue weighted by Gasteiger charge is -2.10. The Balaban J connectivity index is 2.50. The normalized spacial score (nSPS) is 11.9. The number of carbonyl (C=O) groups excluding carboxylic acids is 1. The number of hydrogen-bond donors (Lipinski definition) is 2. The van der Waals surface area contributed by atoms with E-state index in [4.69, 9.17) is 5.11 Å². The molecule has 0 fully saturated rings. The number of amides is 1. The van der Waals surface area contributed by atoms with Crippen molar-refractivity contribution in [2.24, 2.45) is 0 Å². The summed E-state index contributed by atoms with van der Waals surface area (Å²) >= 11 is 3.00. The largest absolute Gasteiger partial charge is 0.481 e. The molecule has 1 amide bonds. The number of carboxylic acids is 1. The molecule has 0 aliphatic rings. The summed E-state index contributed by atoms with van der Waals surface area (Å²) in [6, 6.07) is 7.52. The van der Waals surface area contributed by atoms with Gasteiger partial charge in [0.15, 0.2) is 0 Å². The Hall–Kier alpha value is -1.14. The van der Waals surface area contributed by atoms with E-state index in [-0.39, 0.29) is 11.7 Å². The number of nitrogens with one attached hydrogen (secondary N) is 1. The van der Waals surface area contributed by atoms with Gasteiger partial charge in [0.2, 0.25) is 5.91 Å². The first-order valence-electron chi connectivity index (χ1n) is 6.22. The minimum atomic E-state index is -0.814. The van der Waals surface area contributed by atoms with Gasteiger partial charge in [0.25, 0.3) is 0 Å². The molecule has 4 nitrogen and oxygen atoms in total. The van der Waals surface area contributed by atoms with Crippen molar-refractivity contribution < 1.29 is 14.7 Å². The summed E-state index contributed by atoms with van der Waals surface area (Å²) in [5.74, 6) is -0.105. The van der Waals surface area contributed by atoms with Gasteiger partial charge in [-0.3, -0.25) is 9.59 Å². The van der Waals surface area contributed by atoms with Gasteiger partial charge in [-0.15, -0.1) is 11.8 Å². The molecule has 2 N–H and O–H groups in total. The van der Waals surface area contributed by atoms with Gasteiger partial charge in [0, 0.05) is 23.1 Å². The van der Waals surface area contributed by atoms with Crippen LogP contribution in [0.15, 0.2) is 24.3 Å². The fourth-order valence-electron chi connectivity index (χ4n) is 1.55. The van der Waals surface area contributed by atoms with Crippen molar-refractivity contribution in [3.8, 4) is 0 Å². The van der Waals surface area contributed by atoms with Gasteiger partial charge in [-0.25, -0.2) is 0 Å². The van der Waals surface area contributed by atoms with Crippen molar-refractivity contribution in [2.45, 2.75) is 24.3 Å². The average molecular weight is 313 g/mol. The van der Waals surface area contributed by atoms with E-state index in [9.17, 15) is 9.59 Å². The number of hydrogen-bond acceptors (Lipinski definition) is 4. The van der Waals surface area contributed by atoms with Crippen LogP contribution in [0.2, 0.25) is 0 Å². The topological polar surface area (TPSA) is 66.4 Å². The van der Waals surface area contributed by atoms with Crippen LogP contribution in [-0.4, -0.2) is 34.2 Å². The standard InChI is InChI=1S/C14H19NO3S2/c1-10(19-2)6-13(16)15-12-5-3-4-11(7-12)8-20-9-14(17)18/h3-5,7,10H,6,8-9H2,1-2H3,(H,15,16)(H,17,18). The first kappa shape index (κ1) is 16.9. The molecule has 110 valence electrons. The summed E-state index contributed by atoms with van der Waals surface area (Å²) in [4.78, 5) is 22.2. The molecule has 1 aromatic rings. The fraction of sp³-hybridized carbons (Fsp3) is 0.429. The van der Waals surface area contributed by atoms with Crippen molar-refractivity contribution in [3.05, 3.63) is 29.8 Å². The van der Waals surface area contributed by atoms with Crippen LogP contribution in [0.25, 0.3) is 0 Å². The minimum Gasteiger partial charge on any atom is -0.481 e. The lowest BCUT2D eigenvalue weighted by molar-refractivity contribution is -0.133. The number of carboxylic acid groups (broad SMARTS) is 1. The molecular formula is C14H19NO3S2. The second kappa shape index (κ2) is 8.92. The third-order valence-electron chi connectivity index (χ3n) is 2.58. The number of aliphatic carboxylic acids is 1. The summed E-state index contributed by atoms with van der Waals surface area (Å²) < 4.78 is 0. The van der Waals surface area contributed by atoms with E-state index < -0.39 is 5.97 Å². The van der Waals surface area contributed by atoms with E-state index >= 15 is 0 Å². The lowest BCUT2D eigenvalue weighted by atomic mass is 10.2. The quantitative estimate of drug-likeness (QED) is 0.772. The zero-order valence-electron chi connectivity index (χ0n) is 11.6. The SMILES string of the molecule is CSC(C)CC(=O)Nc1cccc(CSCC(=O)O)c1. The van der Waals surface area contributed by atoms with Crippen molar-refractivity contribution in [1.29, 1.82) is 0 Å². The first-order chi connectivity index (χ1) is 9.51. The summed E-state index contributed by atoms with van der Waals surface area (Å²) in [6.07, 6.45) is 2.47. The number of thioether (sulfide) groups is 2. The Morgan fingerprint density at radius 3 is 2.80 bits per heavy atom. The predicted molar refractivity (Wildman–Crippen MR) is 86.5 cm³/mol. The zero-order chi connectivity index (χ0) is 15.0. The molecule has 6 heteroatoms. The number of carbonyl (C=O) groups is 2. The maximum Gasteiger partial charge on any atom is 0.313 e. The number of anilines is 1. The van der Waals surface area contributed by atoms with Gasteiger partial charge in [-0.2, -0.15) is 11.8 Å². The molecule has 20 heavy (non-hydrogen) atoms. The molecule has 0 bridgehead atoms. The van der Waals surface area contributed by atoms with Crippen LogP contribution in [0.4, 0.5) is 5.69 Å². The highest BCUT2D eigenvalue weighted by molar-refractivity contribution is 7.99. The van der Waals surface area contributed by atoms with Crippen LogP contribution in [0.1, 0.15) is 18.9 Å². The molecule has 1 unspecified atom stereocenters. The van der Waals surface area contributed by atoms with E-state index in [0.717, 1.165) is 11.3 Å². The molecule has 0 heterocycles. The van der Waals surface area contributed by atoms with Gasteiger partial charge in [0.1, 0.15) is 0 Å². The summed E-state index contributed by atoms with van der Waals surface area (Å²) in [7, 11) is 0. The molecule has 0 aliphatic heterocycles. The van der Waals surface area contributed by atoms with Gasteiger partial charge >= 0.3 is 5.97 Å². The highest BCUT2D eigenvalue weighted by Gasteiger charge is 2.08. The van der Waals surface area contributed by atoms with Gasteiger partial charge in [0.05, 0.1) is 5.75 Å². The van der Waals surface area contributed by atoms with Crippen LogP contribution in [0, 0.1) is 0 Å². The van der Waals surface area contributed by atoms with E-state index in [0.29, 0.717) is 17.4 Å². The summed E-state index contributed by atoms with van der Waals surface area (Å²) in [5.41, 5.74) is 1.77. The second-order valence-electron chi connectivity index (χ2n) is 4.39. The Kier molecular flexibility index (Phi) is 7.54. The molecule has 1 atom stereocenters. The maximum atomic E-state index is 11.8. The minimum absolute atomic E-state index is 0.00203. The maximum absolute atomic E-state index is 11.8. The van der Waals surface area contributed by atoms with Crippen molar-refractivity contribution in [1.82, 2.24) is 0 Å². The third kappa shape index (κ3) is 6.86. The van der Waals surface area contributed by atoms with E-state index in [2.05, 4.69) is 5.32 Å². The van der Waals surface area contributed by atoms with Crippen LogP contribution in [0.5, 0.6) is 0 Å². The second-order valence-corrected chi connectivity index (χ2v) is 6.65. The fourth-order valence-corrected chi connectivity index (χ4v) is 2.56. The Morgan fingerprint density at radius 2 is 2.15 bits per heavy atom. The molecule has 0 aliphatic carbocycles. The summed E-state index contributed by atoms with van der Waals surface area (Å²) in [5, 5.41) is 11.8. The molecule has 0 spiro atoms.